The zero-order chi connectivity index (χ0) is 13.4. The van der Waals surface area contributed by atoms with Gasteiger partial charge in [-0.3, -0.25) is 0 Å². The molecule has 0 amide bonds. The number of hydrogen-bond donors (Lipinski definition) is 1. The van der Waals surface area contributed by atoms with E-state index >= 15 is 0 Å². The third-order valence-corrected chi connectivity index (χ3v) is 4.01. The molecule has 2 N–H and O–H groups in total. The maximum absolute atomic E-state index is 6.51. The van der Waals surface area contributed by atoms with Crippen LogP contribution in [0.15, 0.2) is 0 Å². The fourth-order valence-electron chi connectivity index (χ4n) is 2.92. The predicted octanol–water partition coefficient (Wildman–Crippen LogP) is 2.64. The molecule has 0 radical (unpaired) electrons. The smallest absolute Gasteiger partial charge is 0.0589 e. The lowest BCUT2D eigenvalue weighted by Crippen LogP contribution is -2.45. The van der Waals surface area contributed by atoms with Gasteiger partial charge in [-0.1, -0.05) is 33.1 Å². The maximum atomic E-state index is 6.51. The van der Waals surface area contributed by atoms with Crippen LogP contribution in [-0.2, 0) is 4.74 Å². The SMILES string of the molecule is COCCN(CCC1(N)CCCCC1)CC(C)C. The zero-order valence-electron chi connectivity index (χ0n) is 12.6. The highest BCUT2D eigenvalue weighted by atomic mass is 16.5. The fourth-order valence-corrected chi connectivity index (χ4v) is 2.92. The Balaban J connectivity index is 2.34. The van der Waals surface area contributed by atoms with E-state index in [4.69, 9.17) is 10.5 Å². The van der Waals surface area contributed by atoms with Crippen LogP contribution in [0.4, 0.5) is 0 Å². The van der Waals surface area contributed by atoms with Crippen molar-refractivity contribution in [3.8, 4) is 0 Å². The minimum absolute atomic E-state index is 0.112. The van der Waals surface area contributed by atoms with Crippen molar-refractivity contribution in [2.24, 2.45) is 11.7 Å². The van der Waals surface area contributed by atoms with Gasteiger partial charge in [-0.15, -0.1) is 0 Å². The molecule has 1 aliphatic carbocycles. The molecule has 1 fully saturated rings. The quantitative estimate of drug-likeness (QED) is 0.725. The molecule has 1 aliphatic rings. The first-order valence-corrected chi connectivity index (χ1v) is 7.56. The molecule has 0 aromatic heterocycles. The van der Waals surface area contributed by atoms with Gasteiger partial charge < -0.3 is 15.4 Å². The summed E-state index contributed by atoms with van der Waals surface area (Å²) >= 11 is 0. The van der Waals surface area contributed by atoms with Crippen molar-refractivity contribution in [1.82, 2.24) is 4.90 Å². The summed E-state index contributed by atoms with van der Waals surface area (Å²) in [6, 6.07) is 0. The van der Waals surface area contributed by atoms with Crippen molar-refractivity contribution in [3.63, 3.8) is 0 Å². The van der Waals surface area contributed by atoms with Crippen molar-refractivity contribution < 1.29 is 4.74 Å². The first-order valence-electron chi connectivity index (χ1n) is 7.56. The highest BCUT2D eigenvalue weighted by molar-refractivity contribution is 4.88. The average molecular weight is 256 g/mol. The maximum Gasteiger partial charge on any atom is 0.0589 e. The Morgan fingerprint density at radius 2 is 1.83 bits per heavy atom. The van der Waals surface area contributed by atoms with Crippen molar-refractivity contribution in [2.45, 2.75) is 57.9 Å². The monoisotopic (exact) mass is 256 g/mol. The van der Waals surface area contributed by atoms with Crippen molar-refractivity contribution in [1.29, 1.82) is 0 Å². The van der Waals surface area contributed by atoms with Crippen LogP contribution in [0.25, 0.3) is 0 Å². The van der Waals surface area contributed by atoms with Crippen LogP contribution < -0.4 is 5.73 Å². The molecule has 3 heteroatoms. The molecule has 0 bridgehead atoms. The molecule has 0 heterocycles. The number of hydrogen-bond acceptors (Lipinski definition) is 3. The highest BCUT2D eigenvalue weighted by Gasteiger charge is 2.27. The van der Waals surface area contributed by atoms with Gasteiger partial charge in [0, 0.05) is 25.7 Å². The Morgan fingerprint density at radius 1 is 1.17 bits per heavy atom. The number of ether oxygens (including phenoxy) is 1. The van der Waals surface area contributed by atoms with Gasteiger partial charge in [0.25, 0.3) is 0 Å². The molecule has 1 rings (SSSR count). The Bertz CT molecular complexity index is 213. The largest absolute Gasteiger partial charge is 0.383 e. The highest BCUT2D eigenvalue weighted by Crippen LogP contribution is 2.28. The first-order chi connectivity index (χ1) is 8.56. The van der Waals surface area contributed by atoms with Crippen LogP contribution in [0.3, 0.4) is 0 Å². The van der Waals surface area contributed by atoms with Crippen LogP contribution in [0.2, 0.25) is 0 Å². The molecule has 0 aromatic carbocycles. The molecule has 0 saturated heterocycles. The summed E-state index contributed by atoms with van der Waals surface area (Å²) in [4.78, 5) is 2.51. The van der Waals surface area contributed by atoms with Crippen molar-refractivity contribution in [3.05, 3.63) is 0 Å². The molecule has 3 nitrogen and oxygen atoms in total. The number of methoxy groups -OCH3 is 1. The van der Waals surface area contributed by atoms with E-state index in [2.05, 4.69) is 18.7 Å². The van der Waals surface area contributed by atoms with E-state index in [1.165, 1.54) is 32.1 Å². The summed E-state index contributed by atoms with van der Waals surface area (Å²) < 4.78 is 5.20. The molecular formula is C15H32N2O. The zero-order valence-corrected chi connectivity index (χ0v) is 12.6. The molecule has 0 atom stereocenters. The molecule has 0 unspecified atom stereocenters. The van der Waals surface area contributed by atoms with Gasteiger partial charge in [-0.25, -0.2) is 0 Å². The van der Waals surface area contributed by atoms with Crippen LogP contribution in [-0.4, -0.2) is 43.8 Å². The summed E-state index contributed by atoms with van der Waals surface area (Å²) in [6.45, 7) is 8.68. The van der Waals surface area contributed by atoms with E-state index < -0.39 is 0 Å². The lowest BCUT2D eigenvalue weighted by atomic mass is 9.80. The molecular weight excluding hydrogens is 224 g/mol. The molecule has 108 valence electrons. The molecule has 0 aromatic rings. The summed E-state index contributed by atoms with van der Waals surface area (Å²) in [5.41, 5.74) is 6.62. The third kappa shape index (κ3) is 6.17. The van der Waals surface area contributed by atoms with Gasteiger partial charge in [-0.2, -0.15) is 0 Å². The minimum Gasteiger partial charge on any atom is -0.383 e. The first kappa shape index (κ1) is 15.9. The van der Waals surface area contributed by atoms with E-state index in [1.54, 1.807) is 7.11 Å². The van der Waals surface area contributed by atoms with Gasteiger partial charge in [0.1, 0.15) is 0 Å². The van der Waals surface area contributed by atoms with E-state index in [-0.39, 0.29) is 5.54 Å². The van der Waals surface area contributed by atoms with Gasteiger partial charge in [0.15, 0.2) is 0 Å². The van der Waals surface area contributed by atoms with Gasteiger partial charge in [0.05, 0.1) is 6.61 Å². The summed E-state index contributed by atoms with van der Waals surface area (Å²) in [5, 5.41) is 0. The Labute approximate surface area is 113 Å². The number of nitrogens with two attached hydrogens (primary N) is 1. The molecule has 1 saturated carbocycles. The number of nitrogens with zero attached hydrogens (tertiary/aromatic N) is 1. The average Bonchev–Trinajstić information content (AvgIpc) is 2.33. The Morgan fingerprint density at radius 3 is 2.39 bits per heavy atom. The second kappa shape index (κ2) is 8.13. The van der Waals surface area contributed by atoms with E-state index in [9.17, 15) is 0 Å². The normalized spacial score (nSPS) is 19.7. The van der Waals surface area contributed by atoms with E-state index in [0.717, 1.165) is 32.7 Å². The summed E-state index contributed by atoms with van der Waals surface area (Å²) in [7, 11) is 1.78. The Hall–Kier alpha value is -0.120. The van der Waals surface area contributed by atoms with Gasteiger partial charge in [0.2, 0.25) is 0 Å². The van der Waals surface area contributed by atoms with Gasteiger partial charge >= 0.3 is 0 Å². The van der Waals surface area contributed by atoms with Crippen LogP contribution >= 0.6 is 0 Å². The standard InChI is InChI=1S/C15H32N2O/c1-14(2)13-17(11-12-18-3)10-9-15(16)7-5-4-6-8-15/h14H,4-13,16H2,1-3H3. The van der Waals surface area contributed by atoms with Crippen LogP contribution in [0, 0.1) is 5.92 Å². The third-order valence-electron chi connectivity index (χ3n) is 4.01. The predicted molar refractivity (Wildman–Crippen MR) is 77.8 cm³/mol. The lowest BCUT2D eigenvalue weighted by molar-refractivity contribution is 0.129. The summed E-state index contributed by atoms with van der Waals surface area (Å²) in [5.74, 6) is 0.710. The molecule has 0 aliphatic heterocycles. The second-order valence-corrected chi connectivity index (χ2v) is 6.36. The van der Waals surface area contributed by atoms with Crippen LogP contribution in [0.1, 0.15) is 52.4 Å². The molecule has 18 heavy (non-hydrogen) atoms. The van der Waals surface area contributed by atoms with Crippen LogP contribution in [0.5, 0.6) is 0 Å². The summed E-state index contributed by atoms with van der Waals surface area (Å²) in [6.07, 6.45) is 7.58. The topological polar surface area (TPSA) is 38.5 Å². The lowest BCUT2D eigenvalue weighted by Gasteiger charge is -2.36. The van der Waals surface area contributed by atoms with Gasteiger partial charge in [-0.05, 0) is 31.7 Å². The van der Waals surface area contributed by atoms with Crippen molar-refractivity contribution in [2.75, 3.05) is 33.4 Å². The molecule has 0 spiro atoms. The van der Waals surface area contributed by atoms with E-state index in [1.807, 2.05) is 0 Å². The fraction of sp³-hybridized carbons (Fsp3) is 1.00. The second-order valence-electron chi connectivity index (χ2n) is 6.36. The van der Waals surface area contributed by atoms with E-state index in [0.29, 0.717) is 5.92 Å². The Kier molecular flexibility index (Phi) is 7.20. The minimum atomic E-state index is 0.112. The number of rotatable bonds is 8. The van der Waals surface area contributed by atoms with Crippen molar-refractivity contribution >= 4 is 0 Å².